The summed E-state index contributed by atoms with van der Waals surface area (Å²) in [6, 6.07) is 14.5. The Morgan fingerprint density at radius 1 is 1.12 bits per heavy atom. The van der Waals surface area contributed by atoms with Gasteiger partial charge in [-0.15, -0.1) is 10.2 Å². The van der Waals surface area contributed by atoms with Gasteiger partial charge in [0.05, 0.1) is 20.8 Å². The molecular formula is C24H25N6O2P. The molecule has 3 N–H and O–H groups in total. The number of aliphatic hydroxyl groups is 1. The van der Waals surface area contributed by atoms with Crippen molar-refractivity contribution in [2.24, 2.45) is 0 Å². The molecule has 2 saturated heterocycles. The highest BCUT2D eigenvalue weighted by Gasteiger charge is 2.40. The molecule has 9 heteroatoms. The molecule has 0 saturated carbocycles. The minimum absolute atomic E-state index is 0.174. The molecule has 3 unspecified atom stereocenters. The second-order valence-electron chi connectivity index (χ2n) is 8.17. The standard InChI is InChI=1S/C24H25N6O2P/c25-24-22(13-21(27-28-24)20-5-1-2-6-23(20)32-33)29-14-18-7-8-19(15-29)30(18)17-9-10-26-16(12-17)4-3-11-31/h1-2,5-6,9-10,12-13,18-19,31H,7-8,11,14-15,33H2,(H2,25,28). The first-order valence-corrected chi connectivity index (χ1v) is 11.3. The average molecular weight is 460 g/mol. The van der Waals surface area contributed by atoms with Gasteiger partial charge in [-0.1, -0.05) is 18.1 Å². The molecule has 33 heavy (non-hydrogen) atoms. The van der Waals surface area contributed by atoms with Crippen LogP contribution in [0.25, 0.3) is 11.3 Å². The molecule has 2 bridgehead atoms. The topological polar surface area (TPSA) is 101 Å². The van der Waals surface area contributed by atoms with E-state index in [1.807, 2.05) is 42.5 Å². The summed E-state index contributed by atoms with van der Waals surface area (Å²) in [5, 5.41) is 17.6. The highest BCUT2D eigenvalue weighted by Crippen LogP contribution is 2.39. The van der Waals surface area contributed by atoms with Gasteiger partial charge in [0.25, 0.3) is 0 Å². The number of rotatable bonds is 4. The van der Waals surface area contributed by atoms with E-state index in [4.69, 9.17) is 15.4 Å². The van der Waals surface area contributed by atoms with Gasteiger partial charge < -0.3 is 25.2 Å². The lowest BCUT2D eigenvalue weighted by atomic mass is 10.1. The summed E-state index contributed by atoms with van der Waals surface area (Å²) in [4.78, 5) is 9.10. The maximum absolute atomic E-state index is 8.98. The quantitative estimate of drug-likeness (QED) is 0.453. The van der Waals surface area contributed by atoms with Crippen LogP contribution >= 0.6 is 9.47 Å². The molecule has 0 aliphatic carbocycles. The number of nitrogen functional groups attached to an aromatic ring is 1. The van der Waals surface area contributed by atoms with Crippen molar-refractivity contribution in [2.45, 2.75) is 24.9 Å². The molecule has 2 aliphatic heterocycles. The third-order valence-electron chi connectivity index (χ3n) is 6.25. The van der Waals surface area contributed by atoms with Crippen LogP contribution in [0.3, 0.4) is 0 Å². The molecule has 3 aromatic rings. The summed E-state index contributed by atoms with van der Waals surface area (Å²) >= 11 is 0. The fourth-order valence-electron chi connectivity index (χ4n) is 4.86. The van der Waals surface area contributed by atoms with Crippen LogP contribution in [0.4, 0.5) is 17.2 Å². The Morgan fingerprint density at radius 3 is 2.67 bits per heavy atom. The lowest BCUT2D eigenvalue weighted by Gasteiger charge is -2.43. The lowest BCUT2D eigenvalue weighted by molar-refractivity contribution is 0.350. The lowest BCUT2D eigenvalue weighted by Crippen LogP contribution is -2.54. The van der Waals surface area contributed by atoms with Crippen molar-refractivity contribution < 1.29 is 9.63 Å². The number of fused-ring (bicyclic) bond motifs is 2. The summed E-state index contributed by atoms with van der Waals surface area (Å²) in [6.07, 6.45) is 4.00. The first-order valence-electron chi connectivity index (χ1n) is 10.9. The maximum atomic E-state index is 8.98. The van der Waals surface area contributed by atoms with Crippen molar-refractivity contribution in [3.63, 3.8) is 0 Å². The average Bonchev–Trinajstić information content (AvgIpc) is 3.12. The monoisotopic (exact) mass is 460 g/mol. The summed E-state index contributed by atoms with van der Waals surface area (Å²) in [7, 11) is 2.28. The zero-order valence-corrected chi connectivity index (χ0v) is 19.2. The molecule has 0 spiro atoms. The summed E-state index contributed by atoms with van der Waals surface area (Å²) in [5.74, 6) is 6.73. The van der Waals surface area contributed by atoms with Crippen LogP contribution in [0.15, 0.2) is 48.7 Å². The van der Waals surface area contributed by atoms with Gasteiger partial charge in [-0.3, -0.25) is 0 Å². The van der Waals surface area contributed by atoms with Gasteiger partial charge in [-0.25, -0.2) is 4.98 Å². The van der Waals surface area contributed by atoms with E-state index in [0.717, 1.165) is 54.3 Å². The van der Waals surface area contributed by atoms with Gasteiger partial charge >= 0.3 is 0 Å². The second kappa shape index (κ2) is 9.22. The molecule has 8 nitrogen and oxygen atoms in total. The molecule has 0 amide bonds. The highest BCUT2D eigenvalue weighted by molar-refractivity contribution is 7.10. The molecular weight excluding hydrogens is 435 g/mol. The van der Waals surface area contributed by atoms with E-state index in [9.17, 15) is 0 Å². The van der Waals surface area contributed by atoms with Crippen molar-refractivity contribution >= 4 is 26.7 Å². The molecule has 2 aliphatic rings. The maximum Gasteiger partial charge on any atom is 0.169 e. The van der Waals surface area contributed by atoms with Crippen molar-refractivity contribution in [1.29, 1.82) is 0 Å². The number of nitrogens with two attached hydrogens (primary N) is 1. The van der Waals surface area contributed by atoms with E-state index in [1.54, 1.807) is 6.20 Å². The smallest absolute Gasteiger partial charge is 0.169 e. The van der Waals surface area contributed by atoms with Gasteiger partial charge in [0.15, 0.2) is 5.82 Å². The van der Waals surface area contributed by atoms with Crippen LogP contribution in [0.1, 0.15) is 18.5 Å². The van der Waals surface area contributed by atoms with E-state index in [1.165, 1.54) is 0 Å². The third-order valence-corrected chi connectivity index (χ3v) is 6.51. The normalized spacial score (nSPS) is 19.2. The van der Waals surface area contributed by atoms with Gasteiger partial charge in [-0.05, 0) is 49.1 Å². The number of para-hydroxylation sites is 1. The Hall–Kier alpha value is -3.40. The number of hydrogen-bond donors (Lipinski definition) is 2. The molecule has 5 rings (SSSR count). The number of aliphatic hydroxyl groups excluding tert-OH is 1. The SMILES string of the molecule is Nc1nnc(-c2ccccc2OP)cc1N1CC2CCC(C1)N2c1ccnc(C#CCO)c1. The van der Waals surface area contributed by atoms with Crippen molar-refractivity contribution in [3.05, 3.63) is 54.4 Å². The fourth-order valence-corrected chi connectivity index (χ4v) is 5.06. The van der Waals surface area contributed by atoms with Gasteiger partial charge in [0.2, 0.25) is 0 Å². The zero-order valence-electron chi connectivity index (χ0n) is 18.1. The minimum Gasteiger partial charge on any atom is -0.480 e. The molecule has 2 fully saturated rings. The summed E-state index contributed by atoms with van der Waals surface area (Å²) in [5.41, 5.74) is 10.6. The largest absolute Gasteiger partial charge is 0.480 e. The molecule has 0 radical (unpaired) electrons. The predicted molar refractivity (Wildman–Crippen MR) is 132 cm³/mol. The van der Waals surface area contributed by atoms with Gasteiger partial charge in [0, 0.05) is 42.6 Å². The van der Waals surface area contributed by atoms with Crippen LogP contribution in [0.5, 0.6) is 5.75 Å². The van der Waals surface area contributed by atoms with E-state index >= 15 is 0 Å². The van der Waals surface area contributed by atoms with E-state index in [0.29, 0.717) is 23.6 Å². The third kappa shape index (κ3) is 4.18. The Bertz CT molecular complexity index is 1210. The molecule has 3 atom stereocenters. The number of benzene rings is 1. The van der Waals surface area contributed by atoms with Crippen LogP contribution in [-0.2, 0) is 0 Å². The van der Waals surface area contributed by atoms with E-state index in [-0.39, 0.29) is 6.61 Å². The number of piperazine rings is 1. The first kappa shape index (κ1) is 21.4. The highest BCUT2D eigenvalue weighted by atomic mass is 31.0. The Kier molecular flexibility index (Phi) is 5.99. The van der Waals surface area contributed by atoms with Crippen LogP contribution < -0.4 is 20.1 Å². The van der Waals surface area contributed by atoms with Crippen LogP contribution in [0, 0.1) is 11.8 Å². The number of hydrogen-bond acceptors (Lipinski definition) is 8. The molecule has 4 heterocycles. The Morgan fingerprint density at radius 2 is 1.91 bits per heavy atom. The summed E-state index contributed by atoms with van der Waals surface area (Å²) < 4.78 is 5.43. The van der Waals surface area contributed by atoms with Crippen molar-refractivity contribution in [1.82, 2.24) is 15.2 Å². The van der Waals surface area contributed by atoms with E-state index in [2.05, 4.69) is 46.3 Å². The minimum atomic E-state index is -0.174. The molecule has 1 aromatic carbocycles. The van der Waals surface area contributed by atoms with Crippen molar-refractivity contribution in [2.75, 3.05) is 35.2 Å². The van der Waals surface area contributed by atoms with Gasteiger partial charge in [0.1, 0.15) is 18.1 Å². The van der Waals surface area contributed by atoms with Crippen LogP contribution in [0.2, 0.25) is 0 Å². The second-order valence-corrected chi connectivity index (χ2v) is 8.41. The number of nitrogens with zero attached hydrogens (tertiary/aromatic N) is 5. The fraction of sp³-hybridized carbons (Fsp3) is 0.292. The van der Waals surface area contributed by atoms with Gasteiger partial charge in [-0.2, -0.15) is 0 Å². The summed E-state index contributed by atoms with van der Waals surface area (Å²) in [6.45, 7) is 1.51. The predicted octanol–water partition coefficient (Wildman–Crippen LogP) is 2.49. The number of anilines is 3. The number of pyridine rings is 1. The van der Waals surface area contributed by atoms with Crippen LogP contribution in [-0.4, -0.2) is 52.1 Å². The van der Waals surface area contributed by atoms with E-state index < -0.39 is 0 Å². The molecule has 2 aromatic heterocycles. The number of aromatic nitrogens is 3. The Labute approximate surface area is 195 Å². The Balaban J connectivity index is 1.42. The first-order chi connectivity index (χ1) is 16.2. The zero-order chi connectivity index (χ0) is 22.8. The van der Waals surface area contributed by atoms with Crippen molar-refractivity contribution in [3.8, 4) is 28.8 Å². The molecule has 168 valence electrons.